The normalized spacial score (nSPS) is 18.6. The van der Waals surface area contributed by atoms with E-state index < -0.39 is 17.5 Å². The van der Waals surface area contributed by atoms with Gasteiger partial charge in [-0.2, -0.15) is 0 Å². The van der Waals surface area contributed by atoms with Gasteiger partial charge in [0.15, 0.2) is 6.10 Å². The Hall–Kier alpha value is -1.42. The largest absolute Gasteiger partial charge is 0.467 e. The quantitative estimate of drug-likeness (QED) is 0.815. The van der Waals surface area contributed by atoms with E-state index in [4.69, 9.17) is 0 Å². The number of hydrogen-bond donors (Lipinski definition) is 1. The lowest BCUT2D eigenvalue weighted by Gasteiger charge is -2.22. The van der Waals surface area contributed by atoms with Gasteiger partial charge in [0, 0.05) is 5.41 Å². The zero-order valence-corrected chi connectivity index (χ0v) is 9.87. The summed E-state index contributed by atoms with van der Waals surface area (Å²) in [6, 6.07) is 4.73. The van der Waals surface area contributed by atoms with Gasteiger partial charge in [-0.05, 0) is 37.0 Å². The molecule has 1 fully saturated rings. The van der Waals surface area contributed by atoms with Gasteiger partial charge in [-0.1, -0.05) is 12.1 Å². The van der Waals surface area contributed by atoms with Crippen molar-refractivity contribution in [1.29, 1.82) is 0 Å². The van der Waals surface area contributed by atoms with E-state index in [-0.39, 0.29) is 5.82 Å². The standard InChI is InChI=1S/C13H15FO3/c1-8-9(4-3-5-10(8)14)13(6-7-13)11(15)12(16)17-2/h3-5,11,15H,6-7H2,1-2H3. The Morgan fingerprint density at radius 2 is 2.18 bits per heavy atom. The van der Waals surface area contributed by atoms with Gasteiger partial charge in [0.2, 0.25) is 0 Å². The van der Waals surface area contributed by atoms with E-state index in [9.17, 15) is 14.3 Å². The molecule has 1 atom stereocenters. The van der Waals surface area contributed by atoms with Crippen LogP contribution in [-0.4, -0.2) is 24.3 Å². The summed E-state index contributed by atoms with van der Waals surface area (Å²) in [4.78, 5) is 11.4. The molecular formula is C13H15FO3. The molecule has 0 bridgehead atoms. The van der Waals surface area contributed by atoms with Crippen molar-refractivity contribution in [1.82, 2.24) is 0 Å². The van der Waals surface area contributed by atoms with Crippen LogP contribution >= 0.6 is 0 Å². The minimum atomic E-state index is -1.21. The van der Waals surface area contributed by atoms with Gasteiger partial charge in [0.05, 0.1) is 7.11 Å². The minimum Gasteiger partial charge on any atom is -0.467 e. The zero-order chi connectivity index (χ0) is 12.6. The lowest BCUT2D eigenvalue weighted by molar-refractivity contribution is -0.152. The Bertz CT molecular complexity index is 452. The molecule has 17 heavy (non-hydrogen) atoms. The molecule has 1 aromatic rings. The minimum absolute atomic E-state index is 0.314. The number of benzene rings is 1. The van der Waals surface area contributed by atoms with Crippen molar-refractivity contribution in [2.24, 2.45) is 0 Å². The molecule has 0 spiro atoms. The first kappa shape index (κ1) is 12.0. The maximum absolute atomic E-state index is 13.5. The molecule has 1 saturated carbocycles. The summed E-state index contributed by atoms with van der Waals surface area (Å²) < 4.78 is 18.0. The molecule has 1 unspecified atom stereocenters. The van der Waals surface area contributed by atoms with Crippen molar-refractivity contribution in [3.8, 4) is 0 Å². The molecule has 1 aliphatic carbocycles. The first-order valence-corrected chi connectivity index (χ1v) is 5.54. The molecule has 0 saturated heterocycles. The van der Waals surface area contributed by atoms with E-state index >= 15 is 0 Å². The Morgan fingerprint density at radius 3 is 2.71 bits per heavy atom. The fourth-order valence-electron chi connectivity index (χ4n) is 2.31. The Morgan fingerprint density at radius 1 is 1.53 bits per heavy atom. The SMILES string of the molecule is COC(=O)C(O)C1(c2cccc(F)c2C)CC1. The number of ether oxygens (including phenoxy) is 1. The van der Waals surface area contributed by atoms with Crippen LogP contribution in [0, 0.1) is 12.7 Å². The second-order valence-electron chi connectivity index (χ2n) is 4.49. The van der Waals surface area contributed by atoms with E-state index in [0.717, 1.165) is 0 Å². The molecule has 0 amide bonds. The summed E-state index contributed by atoms with van der Waals surface area (Å²) in [5.41, 5.74) is 0.544. The predicted molar refractivity (Wildman–Crippen MR) is 60.1 cm³/mol. The zero-order valence-electron chi connectivity index (χ0n) is 9.87. The van der Waals surface area contributed by atoms with Crippen molar-refractivity contribution >= 4 is 5.97 Å². The average Bonchev–Trinajstić information content (AvgIpc) is 3.12. The molecule has 0 aromatic heterocycles. The molecule has 1 aliphatic rings. The van der Waals surface area contributed by atoms with Gasteiger partial charge in [-0.25, -0.2) is 9.18 Å². The monoisotopic (exact) mass is 238 g/mol. The van der Waals surface area contributed by atoms with Crippen LogP contribution in [0.2, 0.25) is 0 Å². The summed E-state index contributed by atoms with van der Waals surface area (Å²) >= 11 is 0. The van der Waals surface area contributed by atoms with Gasteiger partial charge >= 0.3 is 5.97 Å². The van der Waals surface area contributed by atoms with Crippen LogP contribution in [0.15, 0.2) is 18.2 Å². The van der Waals surface area contributed by atoms with E-state index in [1.54, 1.807) is 19.1 Å². The first-order valence-electron chi connectivity index (χ1n) is 5.54. The fourth-order valence-corrected chi connectivity index (χ4v) is 2.31. The number of hydrogen-bond acceptors (Lipinski definition) is 3. The van der Waals surface area contributed by atoms with Crippen LogP contribution in [-0.2, 0) is 14.9 Å². The third-order valence-electron chi connectivity index (χ3n) is 3.54. The summed E-state index contributed by atoms with van der Waals surface area (Å²) in [5, 5.41) is 9.98. The van der Waals surface area contributed by atoms with Gasteiger partial charge in [-0.3, -0.25) is 0 Å². The highest BCUT2D eigenvalue weighted by atomic mass is 19.1. The van der Waals surface area contributed by atoms with Crippen LogP contribution < -0.4 is 0 Å². The van der Waals surface area contributed by atoms with Gasteiger partial charge in [-0.15, -0.1) is 0 Å². The Balaban J connectivity index is 2.39. The predicted octanol–water partition coefficient (Wildman–Crippen LogP) is 1.70. The first-order chi connectivity index (χ1) is 8.03. The summed E-state index contributed by atoms with van der Waals surface area (Å²) in [6.07, 6.45) is 0.134. The van der Waals surface area contributed by atoms with Gasteiger partial charge < -0.3 is 9.84 Å². The van der Waals surface area contributed by atoms with E-state index in [1.165, 1.54) is 13.2 Å². The number of aliphatic hydroxyl groups excluding tert-OH is 1. The highest BCUT2D eigenvalue weighted by Gasteiger charge is 2.54. The number of methoxy groups -OCH3 is 1. The summed E-state index contributed by atoms with van der Waals surface area (Å²) in [7, 11) is 1.24. The molecule has 3 nitrogen and oxygen atoms in total. The second-order valence-corrected chi connectivity index (χ2v) is 4.49. The van der Waals surface area contributed by atoms with Gasteiger partial charge in [0.1, 0.15) is 5.82 Å². The molecule has 0 radical (unpaired) electrons. The maximum Gasteiger partial charge on any atom is 0.335 e. The fraction of sp³-hybridized carbons (Fsp3) is 0.462. The van der Waals surface area contributed by atoms with E-state index in [0.29, 0.717) is 24.0 Å². The number of rotatable bonds is 3. The molecule has 1 N–H and O–H groups in total. The Kier molecular flexibility index (Phi) is 2.91. The molecule has 92 valence electrons. The topological polar surface area (TPSA) is 46.5 Å². The highest BCUT2D eigenvalue weighted by Crippen LogP contribution is 2.52. The summed E-state index contributed by atoms with van der Waals surface area (Å²) in [5.74, 6) is -0.975. The van der Waals surface area contributed by atoms with Crippen molar-refractivity contribution < 1.29 is 19.0 Å². The Labute approximate surface area is 99.2 Å². The molecule has 0 aliphatic heterocycles. The summed E-state index contributed by atoms with van der Waals surface area (Å²) in [6.45, 7) is 1.66. The van der Waals surface area contributed by atoms with Crippen LogP contribution in [0.1, 0.15) is 24.0 Å². The van der Waals surface area contributed by atoms with Crippen molar-refractivity contribution in [2.45, 2.75) is 31.3 Å². The molecule has 4 heteroatoms. The van der Waals surface area contributed by atoms with Crippen LogP contribution in [0.4, 0.5) is 4.39 Å². The smallest absolute Gasteiger partial charge is 0.335 e. The average molecular weight is 238 g/mol. The van der Waals surface area contributed by atoms with Gasteiger partial charge in [0.25, 0.3) is 0 Å². The van der Waals surface area contributed by atoms with Crippen molar-refractivity contribution in [2.75, 3.05) is 7.11 Å². The highest BCUT2D eigenvalue weighted by molar-refractivity contribution is 5.77. The van der Waals surface area contributed by atoms with E-state index in [1.807, 2.05) is 0 Å². The third kappa shape index (κ3) is 1.82. The number of carbonyl (C=O) groups is 1. The van der Waals surface area contributed by atoms with Crippen LogP contribution in [0.3, 0.4) is 0 Å². The maximum atomic E-state index is 13.5. The van der Waals surface area contributed by atoms with Crippen LogP contribution in [0.25, 0.3) is 0 Å². The molecule has 1 aromatic carbocycles. The number of esters is 1. The lowest BCUT2D eigenvalue weighted by atomic mass is 9.86. The van der Waals surface area contributed by atoms with Crippen molar-refractivity contribution in [3.63, 3.8) is 0 Å². The molecule has 2 rings (SSSR count). The molecular weight excluding hydrogens is 223 g/mol. The second kappa shape index (κ2) is 4.11. The third-order valence-corrected chi connectivity index (χ3v) is 3.54. The van der Waals surface area contributed by atoms with Crippen molar-refractivity contribution in [3.05, 3.63) is 35.1 Å². The lowest BCUT2D eigenvalue weighted by Crippen LogP contribution is -2.35. The number of aliphatic hydroxyl groups is 1. The number of carbonyl (C=O) groups excluding carboxylic acids is 1. The van der Waals surface area contributed by atoms with Crippen LogP contribution in [0.5, 0.6) is 0 Å². The molecule has 0 heterocycles. The number of halogens is 1. The van der Waals surface area contributed by atoms with E-state index in [2.05, 4.69) is 4.74 Å².